The van der Waals surface area contributed by atoms with Crippen LogP contribution in [0.2, 0.25) is 10.0 Å². The van der Waals surface area contributed by atoms with Crippen LogP contribution in [0.15, 0.2) is 30.7 Å². The second kappa shape index (κ2) is 5.81. The zero-order chi connectivity index (χ0) is 14.7. The lowest BCUT2D eigenvalue weighted by atomic mass is 10.2. The average Bonchev–Trinajstić information content (AvgIpc) is 2.42. The number of benzene rings is 1. The Labute approximate surface area is 122 Å². The summed E-state index contributed by atoms with van der Waals surface area (Å²) >= 11 is 11.5. The fourth-order valence-corrected chi connectivity index (χ4v) is 1.78. The van der Waals surface area contributed by atoms with Crippen molar-refractivity contribution in [2.45, 2.75) is 0 Å². The maximum absolute atomic E-state index is 11.9. The van der Waals surface area contributed by atoms with Gasteiger partial charge in [-0.25, -0.2) is 4.98 Å². The van der Waals surface area contributed by atoms with E-state index < -0.39 is 16.5 Å². The van der Waals surface area contributed by atoms with E-state index in [1.807, 2.05) is 0 Å². The van der Waals surface area contributed by atoms with Crippen LogP contribution in [0.5, 0.6) is 0 Å². The second-order valence-corrected chi connectivity index (χ2v) is 4.38. The van der Waals surface area contributed by atoms with Crippen LogP contribution in [0.3, 0.4) is 0 Å². The molecule has 1 N–H and O–H groups in total. The molecular formula is C11H6Cl2N4O3. The van der Waals surface area contributed by atoms with Gasteiger partial charge in [-0.15, -0.1) is 0 Å². The number of nitrogens with zero attached hydrogens (tertiary/aromatic N) is 3. The molecule has 0 radical (unpaired) electrons. The highest BCUT2D eigenvalue weighted by atomic mass is 35.5. The van der Waals surface area contributed by atoms with Crippen molar-refractivity contribution in [1.82, 2.24) is 9.97 Å². The molecule has 0 fully saturated rings. The molecule has 2 aromatic rings. The molecule has 0 saturated heterocycles. The van der Waals surface area contributed by atoms with Gasteiger partial charge in [-0.05, 0) is 6.07 Å². The van der Waals surface area contributed by atoms with Gasteiger partial charge >= 0.3 is 0 Å². The number of hydrogen-bond donors (Lipinski definition) is 1. The minimum absolute atomic E-state index is 0.00301. The quantitative estimate of drug-likeness (QED) is 0.694. The van der Waals surface area contributed by atoms with Crippen LogP contribution in [-0.4, -0.2) is 20.8 Å². The van der Waals surface area contributed by atoms with Crippen LogP contribution < -0.4 is 5.32 Å². The lowest BCUT2D eigenvalue weighted by Crippen LogP contribution is -2.13. The largest absolute Gasteiger partial charge is 0.305 e. The number of aromatic nitrogens is 2. The summed E-state index contributed by atoms with van der Waals surface area (Å²) < 4.78 is 0. The van der Waals surface area contributed by atoms with Crippen LogP contribution >= 0.6 is 23.2 Å². The number of halogens is 2. The molecule has 1 heterocycles. The van der Waals surface area contributed by atoms with E-state index in [-0.39, 0.29) is 21.4 Å². The van der Waals surface area contributed by atoms with Crippen LogP contribution in [-0.2, 0) is 0 Å². The highest BCUT2D eigenvalue weighted by Gasteiger charge is 2.20. The summed E-state index contributed by atoms with van der Waals surface area (Å²) in [5.74, 6) is -0.390. The van der Waals surface area contributed by atoms with E-state index in [4.69, 9.17) is 23.2 Å². The molecule has 7 nitrogen and oxygen atoms in total. The molecule has 1 aromatic heterocycles. The minimum atomic E-state index is -0.715. The van der Waals surface area contributed by atoms with Crippen molar-refractivity contribution in [2.75, 3.05) is 5.32 Å². The molecule has 0 spiro atoms. The predicted molar refractivity (Wildman–Crippen MR) is 73.1 cm³/mol. The van der Waals surface area contributed by atoms with Crippen molar-refractivity contribution in [1.29, 1.82) is 0 Å². The Hall–Kier alpha value is -2.25. The van der Waals surface area contributed by atoms with E-state index in [0.717, 1.165) is 6.07 Å². The van der Waals surface area contributed by atoms with Crippen LogP contribution in [0.1, 0.15) is 10.4 Å². The average molecular weight is 313 g/mol. The molecule has 0 aliphatic carbocycles. The predicted octanol–water partition coefficient (Wildman–Crippen LogP) is 2.94. The molecule has 0 unspecified atom stereocenters. The first-order valence-electron chi connectivity index (χ1n) is 5.20. The van der Waals surface area contributed by atoms with E-state index in [2.05, 4.69) is 15.3 Å². The summed E-state index contributed by atoms with van der Waals surface area (Å²) in [7, 11) is 0. The normalized spacial score (nSPS) is 10.1. The van der Waals surface area contributed by atoms with E-state index in [9.17, 15) is 14.9 Å². The number of rotatable bonds is 3. The van der Waals surface area contributed by atoms with Crippen molar-refractivity contribution < 1.29 is 9.72 Å². The summed E-state index contributed by atoms with van der Waals surface area (Å²) in [5, 5.41) is 13.0. The summed E-state index contributed by atoms with van der Waals surface area (Å²) in [6.45, 7) is 0. The number of carbonyl (C=O) groups is 1. The van der Waals surface area contributed by atoms with Crippen LogP contribution in [0, 0.1) is 10.1 Å². The Morgan fingerprint density at radius 2 is 2.05 bits per heavy atom. The standard InChI is InChI=1S/C11H6Cl2N4O3/c12-7-3-6(4-8(10(7)13)17(19)20)11(18)16-9-5-14-1-2-15-9/h1-5H,(H,15,16,18). The highest BCUT2D eigenvalue weighted by molar-refractivity contribution is 6.43. The first kappa shape index (κ1) is 14.2. The summed E-state index contributed by atoms with van der Waals surface area (Å²) in [5.41, 5.74) is -0.444. The number of amides is 1. The molecule has 20 heavy (non-hydrogen) atoms. The SMILES string of the molecule is O=C(Nc1cnccn1)c1cc(Cl)c(Cl)c([N+](=O)[O-])c1. The van der Waals surface area contributed by atoms with Crippen molar-refractivity contribution in [3.8, 4) is 0 Å². The molecule has 0 atom stereocenters. The smallest absolute Gasteiger partial charge is 0.290 e. The maximum atomic E-state index is 11.9. The summed E-state index contributed by atoms with van der Waals surface area (Å²) in [6.07, 6.45) is 4.18. The Balaban J connectivity index is 2.33. The van der Waals surface area contributed by atoms with Crippen molar-refractivity contribution in [2.24, 2.45) is 0 Å². The van der Waals surface area contributed by atoms with E-state index in [1.54, 1.807) is 0 Å². The van der Waals surface area contributed by atoms with Crippen molar-refractivity contribution in [3.05, 3.63) is 56.4 Å². The zero-order valence-corrected chi connectivity index (χ0v) is 11.2. The second-order valence-electron chi connectivity index (χ2n) is 3.59. The first-order chi connectivity index (χ1) is 9.49. The molecule has 0 bridgehead atoms. The topological polar surface area (TPSA) is 98.0 Å². The van der Waals surface area contributed by atoms with E-state index in [1.165, 1.54) is 24.7 Å². The van der Waals surface area contributed by atoms with Crippen LogP contribution in [0.4, 0.5) is 11.5 Å². The number of nitro groups is 1. The summed E-state index contributed by atoms with van der Waals surface area (Å²) in [4.78, 5) is 29.7. The van der Waals surface area contributed by atoms with Gasteiger partial charge in [0, 0.05) is 24.0 Å². The molecule has 2 rings (SSSR count). The summed E-state index contributed by atoms with van der Waals surface area (Å²) in [6, 6.07) is 2.28. The van der Waals surface area contributed by atoms with Gasteiger partial charge in [0.2, 0.25) is 0 Å². The van der Waals surface area contributed by atoms with Crippen molar-refractivity contribution >= 4 is 40.6 Å². The molecule has 102 valence electrons. The van der Waals surface area contributed by atoms with E-state index >= 15 is 0 Å². The molecule has 0 aliphatic rings. The Morgan fingerprint density at radius 1 is 1.30 bits per heavy atom. The lowest BCUT2D eigenvalue weighted by Gasteiger charge is -2.05. The molecule has 1 aromatic carbocycles. The van der Waals surface area contributed by atoms with Gasteiger partial charge in [-0.2, -0.15) is 0 Å². The number of nitro benzene ring substituents is 1. The fraction of sp³-hybridized carbons (Fsp3) is 0. The molecular weight excluding hydrogens is 307 g/mol. The van der Waals surface area contributed by atoms with Gasteiger partial charge in [-0.1, -0.05) is 23.2 Å². The Morgan fingerprint density at radius 3 is 2.65 bits per heavy atom. The zero-order valence-electron chi connectivity index (χ0n) is 9.71. The molecule has 0 saturated carbocycles. The Kier molecular flexibility index (Phi) is 4.11. The van der Waals surface area contributed by atoms with Gasteiger partial charge < -0.3 is 5.32 Å². The monoisotopic (exact) mass is 312 g/mol. The minimum Gasteiger partial charge on any atom is -0.305 e. The third kappa shape index (κ3) is 3.01. The third-order valence-electron chi connectivity index (χ3n) is 2.27. The van der Waals surface area contributed by atoms with Gasteiger partial charge in [-0.3, -0.25) is 19.9 Å². The number of hydrogen-bond acceptors (Lipinski definition) is 5. The van der Waals surface area contributed by atoms with Gasteiger partial charge in [0.25, 0.3) is 11.6 Å². The maximum Gasteiger partial charge on any atom is 0.290 e. The third-order valence-corrected chi connectivity index (χ3v) is 3.06. The highest BCUT2D eigenvalue weighted by Crippen LogP contribution is 2.33. The van der Waals surface area contributed by atoms with Crippen molar-refractivity contribution in [3.63, 3.8) is 0 Å². The Bertz CT molecular complexity index is 679. The molecule has 9 heteroatoms. The lowest BCUT2D eigenvalue weighted by molar-refractivity contribution is -0.384. The molecule has 0 aliphatic heterocycles. The first-order valence-corrected chi connectivity index (χ1v) is 5.95. The van der Waals surface area contributed by atoms with E-state index in [0.29, 0.717) is 0 Å². The van der Waals surface area contributed by atoms with Gasteiger partial charge in [0.1, 0.15) is 5.02 Å². The number of anilines is 1. The number of nitrogens with one attached hydrogen (secondary N) is 1. The van der Waals surface area contributed by atoms with Crippen LogP contribution in [0.25, 0.3) is 0 Å². The van der Waals surface area contributed by atoms with Gasteiger partial charge in [0.05, 0.1) is 16.1 Å². The number of carbonyl (C=O) groups excluding carboxylic acids is 1. The fourth-order valence-electron chi connectivity index (χ4n) is 1.39. The molecule has 1 amide bonds. The van der Waals surface area contributed by atoms with Gasteiger partial charge in [0.15, 0.2) is 5.82 Å².